The molecule has 2 amide bonds. The first-order valence-corrected chi connectivity index (χ1v) is 11.8. The third kappa shape index (κ3) is 5.64. The van der Waals surface area contributed by atoms with Crippen molar-refractivity contribution in [1.82, 2.24) is 5.32 Å². The van der Waals surface area contributed by atoms with E-state index in [1.165, 1.54) is 22.3 Å². The second kappa shape index (κ2) is 11.5. The number of carbonyl (C=O) groups excluding carboxylic acids is 2. The summed E-state index contributed by atoms with van der Waals surface area (Å²) in [6.07, 6.45) is 1.77. The number of hydrogen-bond acceptors (Lipinski definition) is 4. The van der Waals surface area contributed by atoms with Crippen LogP contribution in [-0.2, 0) is 9.53 Å². The van der Waals surface area contributed by atoms with Crippen molar-refractivity contribution >= 4 is 17.7 Å². The summed E-state index contributed by atoms with van der Waals surface area (Å²) in [6.45, 7) is 1.03. The highest BCUT2D eigenvalue weighted by Gasteiger charge is 2.29. The van der Waals surface area contributed by atoms with Gasteiger partial charge < -0.3 is 21.1 Å². The lowest BCUT2D eigenvalue weighted by Gasteiger charge is -2.18. The third-order valence-corrected chi connectivity index (χ3v) is 6.26. The molecule has 1 aliphatic rings. The van der Waals surface area contributed by atoms with E-state index >= 15 is 0 Å². The van der Waals surface area contributed by atoms with E-state index in [0.29, 0.717) is 13.0 Å². The number of rotatable bonds is 10. The molecule has 4 N–H and O–H groups in total. The molecule has 0 aromatic heterocycles. The SMILES string of the molecule is NCCCCC(CNC(=O)OCC1c2ccccc2-c2ccccc21)C(=O)Nc1ccccc1. The summed E-state index contributed by atoms with van der Waals surface area (Å²) in [6, 6.07) is 25.8. The smallest absolute Gasteiger partial charge is 0.407 e. The number of anilines is 1. The zero-order chi connectivity index (χ0) is 23.8. The lowest BCUT2D eigenvalue weighted by molar-refractivity contribution is -0.119. The summed E-state index contributed by atoms with van der Waals surface area (Å²) in [5.41, 5.74) is 11.0. The van der Waals surface area contributed by atoms with Crippen LogP contribution in [0, 0.1) is 5.92 Å². The molecule has 34 heavy (non-hydrogen) atoms. The molecule has 6 nitrogen and oxygen atoms in total. The van der Waals surface area contributed by atoms with E-state index in [2.05, 4.69) is 34.9 Å². The van der Waals surface area contributed by atoms with Crippen molar-refractivity contribution in [3.05, 3.63) is 90.0 Å². The van der Waals surface area contributed by atoms with Crippen molar-refractivity contribution in [1.29, 1.82) is 0 Å². The number of carbonyl (C=O) groups is 2. The second-order valence-electron chi connectivity index (χ2n) is 8.54. The van der Waals surface area contributed by atoms with E-state index in [9.17, 15) is 9.59 Å². The highest BCUT2D eigenvalue weighted by molar-refractivity contribution is 5.92. The van der Waals surface area contributed by atoms with E-state index in [1.807, 2.05) is 54.6 Å². The molecule has 4 rings (SSSR count). The van der Waals surface area contributed by atoms with Gasteiger partial charge in [0, 0.05) is 18.2 Å². The van der Waals surface area contributed by atoms with Crippen LogP contribution in [0.3, 0.4) is 0 Å². The predicted octanol–water partition coefficient (Wildman–Crippen LogP) is 4.91. The van der Waals surface area contributed by atoms with Crippen LogP contribution in [0.15, 0.2) is 78.9 Å². The van der Waals surface area contributed by atoms with Crippen molar-refractivity contribution in [2.24, 2.45) is 11.7 Å². The number of fused-ring (bicyclic) bond motifs is 3. The van der Waals surface area contributed by atoms with E-state index < -0.39 is 6.09 Å². The number of hydrogen-bond donors (Lipinski definition) is 3. The minimum atomic E-state index is -0.516. The molecule has 1 aliphatic carbocycles. The van der Waals surface area contributed by atoms with Crippen LogP contribution in [0.2, 0.25) is 0 Å². The number of benzene rings is 3. The van der Waals surface area contributed by atoms with Gasteiger partial charge in [-0.1, -0.05) is 73.2 Å². The normalized spacial score (nSPS) is 13.0. The molecular formula is C28H31N3O3. The first-order chi connectivity index (χ1) is 16.7. The summed E-state index contributed by atoms with van der Waals surface area (Å²) >= 11 is 0. The lowest BCUT2D eigenvalue weighted by Crippen LogP contribution is -2.36. The maximum atomic E-state index is 12.8. The quantitative estimate of drug-likeness (QED) is 0.377. The summed E-state index contributed by atoms with van der Waals surface area (Å²) in [7, 11) is 0. The number of nitrogens with one attached hydrogen (secondary N) is 2. The van der Waals surface area contributed by atoms with Gasteiger partial charge in [-0.3, -0.25) is 4.79 Å². The fourth-order valence-electron chi connectivity index (χ4n) is 4.48. The van der Waals surface area contributed by atoms with E-state index in [-0.39, 0.29) is 30.9 Å². The molecule has 0 heterocycles. The van der Waals surface area contributed by atoms with Crippen molar-refractivity contribution in [2.45, 2.75) is 25.2 Å². The zero-order valence-electron chi connectivity index (χ0n) is 19.2. The Morgan fingerprint density at radius 2 is 1.47 bits per heavy atom. The molecule has 0 saturated heterocycles. The third-order valence-electron chi connectivity index (χ3n) is 6.26. The van der Waals surface area contributed by atoms with Crippen LogP contribution in [0.25, 0.3) is 11.1 Å². The van der Waals surface area contributed by atoms with Gasteiger partial charge in [0.1, 0.15) is 6.61 Å². The van der Waals surface area contributed by atoms with Gasteiger partial charge in [0.05, 0.1) is 5.92 Å². The van der Waals surface area contributed by atoms with Crippen molar-refractivity contribution < 1.29 is 14.3 Å². The summed E-state index contributed by atoms with van der Waals surface area (Å²) in [5.74, 6) is -0.491. The highest BCUT2D eigenvalue weighted by atomic mass is 16.5. The topological polar surface area (TPSA) is 93.4 Å². The fourth-order valence-corrected chi connectivity index (χ4v) is 4.48. The second-order valence-corrected chi connectivity index (χ2v) is 8.54. The Morgan fingerprint density at radius 3 is 2.12 bits per heavy atom. The molecule has 0 fully saturated rings. The van der Waals surface area contributed by atoms with Gasteiger partial charge in [-0.25, -0.2) is 4.79 Å². The van der Waals surface area contributed by atoms with Gasteiger partial charge in [-0.15, -0.1) is 0 Å². The Hall–Kier alpha value is -3.64. The van der Waals surface area contributed by atoms with E-state index in [1.54, 1.807) is 0 Å². The minimum absolute atomic E-state index is 0.000111. The Bertz CT molecular complexity index is 1070. The Morgan fingerprint density at radius 1 is 0.853 bits per heavy atom. The van der Waals surface area contributed by atoms with Gasteiger partial charge in [0.2, 0.25) is 5.91 Å². The van der Waals surface area contributed by atoms with Crippen molar-refractivity contribution in [2.75, 3.05) is 25.0 Å². The molecule has 0 aliphatic heterocycles. The molecule has 0 bridgehead atoms. The molecule has 1 atom stereocenters. The monoisotopic (exact) mass is 457 g/mol. The summed E-state index contributed by atoms with van der Waals surface area (Å²) in [5, 5.41) is 5.72. The Balaban J connectivity index is 1.34. The molecule has 3 aromatic carbocycles. The molecular weight excluding hydrogens is 426 g/mol. The zero-order valence-corrected chi connectivity index (χ0v) is 19.2. The van der Waals surface area contributed by atoms with Gasteiger partial charge in [-0.05, 0) is 53.8 Å². The number of alkyl carbamates (subject to hydrolysis) is 1. The van der Waals surface area contributed by atoms with Gasteiger partial charge in [-0.2, -0.15) is 0 Å². The number of para-hydroxylation sites is 1. The highest BCUT2D eigenvalue weighted by Crippen LogP contribution is 2.44. The Kier molecular flexibility index (Phi) is 7.94. The molecule has 0 radical (unpaired) electrons. The first-order valence-electron chi connectivity index (χ1n) is 11.8. The molecule has 3 aromatic rings. The first kappa shape index (κ1) is 23.5. The number of unbranched alkanes of at least 4 members (excludes halogenated alkanes) is 1. The van der Waals surface area contributed by atoms with Crippen LogP contribution < -0.4 is 16.4 Å². The molecule has 0 saturated carbocycles. The largest absolute Gasteiger partial charge is 0.449 e. The van der Waals surface area contributed by atoms with Crippen LogP contribution in [0.4, 0.5) is 10.5 Å². The van der Waals surface area contributed by atoms with Gasteiger partial charge >= 0.3 is 6.09 Å². The molecule has 1 unspecified atom stereocenters. The molecule has 0 spiro atoms. The lowest BCUT2D eigenvalue weighted by atomic mass is 9.98. The number of nitrogens with two attached hydrogens (primary N) is 1. The summed E-state index contributed by atoms with van der Waals surface area (Å²) < 4.78 is 5.61. The van der Waals surface area contributed by atoms with Crippen LogP contribution in [0.5, 0.6) is 0 Å². The Labute approximate surface area is 200 Å². The fraction of sp³-hybridized carbons (Fsp3) is 0.286. The number of ether oxygens (including phenoxy) is 1. The van der Waals surface area contributed by atoms with Gasteiger partial charge in [0.25, 0.3) is 0 Å². The van der Waals surface area contributed by atoms with Crippen LogP contribution in [0.1, 0.15) is 36.3 Å². The number of amides is 2. The average molecular weight is 458 g/mol. The van der Waals surface area contributed by atoms with Crippen molar-refractivity contribution in [3.63, 3.8) is 0 Å². The summed E-state index contributed by atoms with van der Waals surface area (Å²) in [4.78, 5) is 25.4. The molecule has 6 heteroatoms. The maximum Gasteiger partial charge on any atom is 0.407 e. The maximum absolute atomic E-state index is 12.8. The van der Waals surface area contributed by atoms with Crippen molar-refractivity contribution in [3.8, 4) is 11.1 Å². The standard InChI is InChI=1S/C28H31N3O3/c29-17-9-8-10-20(27(32)31-21-11-2-1-3-12-21)18-30-28(33)34-19-26-24-15-6-4-13-22(24)23-14-5-7-16-25(23)26/h1-7,11-16,20,26H,8-10,17-19,29H2,(H,30,33)(H,31,32). The van der Waals surface area contributed by atoms with Gasteiger partial charge in [0.15, 0.2) is 0 Å². The van der Waals surface area contributed by atoms with Crippen LogP contribution >= 0.6 is 0 Å². The predicted molar refractivity (Wildman–Crippen MR) is 135 cm³/mol. The van der Waals surface area contributed by atoms with E-state index in [0.717, 1.165) is 18.5 Å². The molecule has 176 valence electrons. The average Bonchev–Trinajstić information content (AvgIpc) is 3.19. The van der Waals surface area contributed by atoms with Crippen LogP contribution in [-0.4, -0.2) is 31.7 Å². The van der Waals surface area contributed by atoms with E-state index in [4.69, 9.17) is 10.5 Å². The minimum Gasteiger partial charge on any atom is -0.449 e.